The summed E-state index contributed by atoms with van der Waals surface area (Å²) in [5.41, 5.74) is -3.16. The van der Waals surface area contributed by atoms with Crippen molar-refractivity contribution in [1.29, 1.82) is 0 Å². The quantitative estimate of drug-likeness (QED) is 0.385. The SMILES string of the molecule is FC(F)(F)c1ccccc1C(Cl)=C(Cl)c1ccccc1C(F)(F)F. The van der Waals surface area contributed by atoms with Gasteiger partial charge in [-0.05, 0) is 12.1 Å². The van der Waals surface area contributed by atoms with Crippen LogP contribution in [0.5, 0.6) is 0 Å². The molecule has 24 heavy (non-hydrogen) atoms. The Kier molecular flexibility index (Phi) is 5.20. The van der Waals surface area contributed by atoms with E-state index in [0.717, 1.165) is 36.4 Å². The second-order valence-electron chi connectivity index (χ2n) is 4.71. The highest BCUT2D eigenvalue weighted by atomic mass is 35.5. The van der Waals surface area contributed by atoms with Crippen molar-refractivity contribution >= 4 is 33.3 Å². The van der Waals surface area contributed by atoms with Gasteiger partial charge in [0.05, 0.1) is 21.2 Å². The molecule has 0 fully saturated rings. The van der Waals surface area contributed by atoms with Crippen LogP contribution in [-0.2, 0) is 12.4 Å². The lowest BCUT2D eigenvalue weighted by atomic mass is 10.0. The topological polar surface area (TPSA) is 0 Å². The van der Waals surface area contributed by atoms with E-state index in [4.69, 9.17) is 23.2 Å². The van der Waals surface area contributed by atoms with Crippen molar-refractivity contribution in [3.63, 3.8) is 0 Å². The molecule has 0 unspecified atom stereocenters. The first kappa shape index (κ1) is 18.7. The Bertz CT molecular complexity index is 709. The van der Waals surface area contributed by atoms with Gasteiger partial charge in [0.15, 0.2) is 0 Å². The van der Waals surface area contributed by atoms with E-state index in [1.54, 1.807) is 0 Å². The lowest BCUT2D eigenvalue weighted by Crippen LogP contribution is -2.09. The van der Waals surface area contributed by atoms with Crippen molar-refractivity contribution in [2.45, 2.75) is 12.4 Å². The van der Waals surface area contributed by atoms with Gasteiger partial charge in [-0.15, -0.1) is 0 Å². The van der Waals surface area contributed by atoms with Crippen molar-refractivity contribution in [3.05, 3.63) is 70.8 Å². The molecule has 0 aromatic heterocycles. The molecule has 0 aliphatic heterocycles. The van der Waals surface area contributed by atoms with Gasteiger partial charge >= 0.3 is 12.4 Å². The fourth-order valence-corrected chi connectivity index (χ4v) is 2.61. The van der Waals surface area contributed by atoms with E-state index < -0.39 is 44.7 Å². The number of rotatable bonds is 2. The smallest absolute Gasteiger partial charge is 0.166 e. The molecule has 128 valence electrons. The predicted molar refractivity (Wildman–Crippen MR) is 81.4 cm³/mol. The minimum absolute atomic E-state index is 0.492. The molecule has 2 rings (SSSR count). The summed E-state index contributed by atoms with van der Waals surface area (Å²) in [6, 6.07) is 8.50. The number of hydrogen-bond acceptors (Lipinski definition) is 0. The van der Waals surface area contributed by atoms with Crippen LogP contribution < -0.4 is 0 Å². The van der Waals surface area contributed by atoms with Gasteiger partial charge in [-0.25, -0.2) is 0 Å². The second-order valence-corrected chi connectivity index (χ2v) is 5.47. The Hall–Kier alpha value is -1.66. The summed E-state index contributed by atoms with van der Waals surface area (Å²) in [7, 11) is 0. The zero-order valence-corrected chi connectivity index (χ0v) is 13.2. The van der Waals surface area contributed by atoms with Gasteiger partial charge in [0.1, 0.15) is 0 Å². The molecule has 0 amide bonds. The molecule has 0 atom stereocenters. The Morgan fingerprint density at radius 3 is 1.17 bits per heavy atom. The lowest BCUT2D eigenvalue weighted by Gasteiger charge is -2.15. The van der Waals surface area contributed by atoms with Crippen LogP contribution in [0.15, 0.2) is 48.5 Å². The van der Waals surface area contributed by atoms with Gasteiger partial charge < -0.3 is 0 Å². The van der Waals surface area contributed by atoms with E-state index in [0.29, 0.717) is 0 Å². The van der Waals surface area contributed by atoms with E-state index in [1.165, 1.54) is 12.1 Å². The van der Waals surface area contributed by atoms with Crippen LogP contribution in [-0.4, -0.2) is 0 Å². The molecule has 0 aliphatic rings. The second kappa shape index (κ2) is 6.69. The average Bonchev–Trinajstić information content (AvgIpc) is 2.52. The summed E-state index contributed by atoms with van der Waals surface area (Å²) in [4.78, 5) is 0. The first-order chi connectivity index (χ1) is 11.0. The number of alkyl halides is 6. The minimum atomic E-state index is -4.72. The first-order valence-electron chi connectivity index (χ1n) is 6.42. The summed E-state index contributed by atoms with van der Waals surface area (Å²) in [6.45, 7) is 0. The van der Waals surface area contributed by atoms with Crippen molar-refractivity contribution in [2.24, 2.45) is 0 Å². The van der Waals surface area contributed by atoms with Crippen LogP contribution in [0.4, 0.5) is 26.3 Å². The molecule has 0 saturated carbocycles. The third kappa shape index (κ3) is 3.87. The van der Waals surface area contributed by atoms with Gasteiger partial charge in [-0.3, -0.25) is 0 Å². The van der Waals surface area contributed by atoms with Crippen LogP contribution in [0, 0.1) is 0 Å². The standard InChI is InChI=1S/C16H8Cl2F6/c17-13(9-5-1-3-7-11(9)15(19,20)21)14(18)10-6-2-4-8-12(10)16(22,23)24/h1-8H. The Morgan fingerprint density at radius 1 is 0.583 bits per heavy atom. The zero-order valence-electron chi connectivity index (χ0n) is 11.6. The molecule has 0 aliphatic carbocycles. The van der Waals surface area contributed by atoms with Crippen molar-refractivity contribution in [1.82, 2.24) is 0 Å². The fourth-order valence-electron chi connectivity index (χ4n) is 2.08. The van der Waals surface area contributed by atoms with Gasteiger partial charge in [-0.2, -0.15) is 26.3 Å². The first-order valence-corrected chi connectivity index (χ1v) is 7.17. The molecular formula is C16H8Cl2F6. The molecule has 2 aromatic carbocycles. The van der Waals surface area contributed by atoms with Crippen LogP contribution >= 0.6 is 23.2 Å². The van der Waals surface area contributed by atoms with Gasteiger partial charge in [0, 0.05) is 11.1 Å². The summed E-state index contributed by atoms with van der Waals surface area (Å²) in [6.07, 6.45) is -9.45. The van der Waals surface area contributed by atoms with Crippen molar-refractivity contribution < 1.29 is 26.3 Å². The molecular weight excluding hydrogens is 377 g/mol. The summed E-state index contributed by atoms with van der Waals surface area (Å²) >= 11 is 11.8. The van der Waals surface area contributed by atoms with Crippen LogP contribution in [0.3, 0.4) is 0 Å². The molecule has 2 aromatic rings. The molecule has 0 saturated heterocycles. The largest absolute Gasteiger partial charge is 0.417 e. The zero-order chi connectivity index (χ0) is 18.1. The monoisotopic (exact) mass is 384 g/mol. The van der Waals surface area contributed by atoms with Crippen LogP contribution in [0.1, 0.15) is 22.3 Å². The molecule has 0 spiro atoms. The summed E-state index contributed by atoms with van der Waals surface area (Å²) < 4.78 is 78.2. The van der Waals surface area contributed by atoms with Crippen LogP contribution in [0.25, 0.3) is 10.1 Å². The Morgan fingerprint density at radius 2 is 0.875 bits per heavy atom. The fraction of sp³-hybridized carbons (Fsp3) is 0.125. The Labute approximate surface area is 143 Å². The number of hydrogen-bond donors (Lipinski definition) is 0. The van der Waals surface area contributed by atoms with Gasteiger partial charge in [-0.1, -0.05) is 59.6 Å². The summed E-state index contributed by atoms with van der Waals surface area (Å²) in [5, 5.41) is -1.22. The van der Waals surface area contributed by atoms with Crippen LogP contribution in [0.2, 0.25) is 0 Å². The number of benzene rings is 2. The molecule has 0 radical (unpaired) electrons. The van der Waals surface area contributed by atoms with E-state index in [9.17, 15) is 26.3 Å². The third-order valence-corrected chi connectivity index (χ3v) is 4.01. The molecule has 0 bridgehead atoms. The minimum Gasteiger partial charge on any atom is -0.166 e. The highest BCUT2D eigenvalue weighted by Gasteiger charge is 2.36. The maximum Gasteiger partial charge on any atom is 0.417 e. The van der Waals surface area contributed by atoms with Gasteiger partial charge in [0.2, 0.25) is 0 Å². The molecule has 0 nitrogen and oxygen atoms in total. The maximum absolute atomic E-state index is 13.0. The van der Waals surface area contributed by atoms with Crippen molar-refractivity contribution in [2.75, 3.05) is 0 Å². The maximum atomic E-state index is 13.0. The van der Waals surface area contributed by atoms with E-state index in [2.05, 4.69) is 0 Å². The highest BCUT2D eigenvalue weighted by molar-refractivity contribution is 6.65. The van der Waals surface area contributed by atoms with Crippen molar-refractivity contribution in [3.8, 4) is 0 Å². The predicted octanol–water partition coefficient (Wildman–Crippen LogP) is 7.03. The van der Waals surface area contributed by atoms with E-state index in [1.807, 2.05) is 0 Å². The average molecular weight is 385 g/mol. The van der Waals surface area contributed by atoms with Gasteiger partial charge in [0.25, 0.3) is 0 Å². The van der Waals surface area contributed by atoms with E-state index in [-0.39, 0.29) is 0 Å². The molecule has 8 heteroatoms. The molecule has 0 heterocycles. The normalized spacial score (nSPS) is 13.7. The lowest BCUT2D eigenvalue weighted by molar-refractivity contribution is -0.138. The van der Waals surface area contributed by atoms with E-state index >= 15 is 0 Å². The summed E-state index contributed by atoms with van der Waals surface area (Å²) in [5.74, 6) is 0. The number of halogens is 8. The Balaban J connectivity index is 2.68. The molecule has 0 N–H and O–H groups in total. The third-order valence-electron chi connectivity index (χ3n) is 3.13. The highest BCUT2D eigenvalue weighted by Crippen LogP contribution is 2.43.